The minimum atomic E-state index is -0.773. The standard InChI is InChI=1S/C33H30ClF2N7O2S/c1-16-9-33(7-2-8-42(33)12-16)15-45-32-40-27-24-28(44-14-18-4-3-17(10-37)13-43(18)31(24)41-32)25(34)23(26(27)36)19-5-6-21(35)29-22(19)20(11-38)30(39)46-29/h5-6,16-18H,2-4,7-9,12-15,39H2,1H3/t16-,17?,18?,33+/m1/s1. The van der Waals surface area contributed by atoms with Gasteiger partial charge in [-0.2, -0.15) is 20.5 Å². The summed E-state index contributed by atoms with van der Waals surface area (Å²) in [6.45, 7) is 5.27. The molecule has 2 unspecified atom stereocenters. The molecular formula is C33H30ClF2N7O2S. The van der Waals surface area contributed by atoms with Crippen LogP contribution in [-0.4, -0.2) is 59.3 Å². The molecule has 0 amide bonds. The van der Waals surface area contributed by atoms with Crippen molar-refractivity contribution in [2.45, 2.75) is 50.6 Å². The van der Waals surface area contributed by atoms with Gasteiger partial charge in [-0.3, -0.25) is 4.90 Å². The zero-order valence-corrected chi connectivity index (χ0v) is 26.6. The summed E-state index contributed by atoms with van der Waals surface area (Å²) in [7, 11) is 0. The molecule has 4 atom stereocenters. The lowest BCUT2D eigenvalue weighted by Gasteiger charge is -2.37. The molecule has 0 aliphatic carbocycles. The van der Waals surface area contributed by atoms with Crippen LogP contribution in [0.1, 0.15) is 44.6 Å². The first kappa shape index (κ1) is 29.4. The summed E-state index contributed by atoms with van der Waals surface area (Å²) in [5, 5.41) is 20.3. The van der Waals surface area contributed by atoms with Gasteiger partial charge in [-0.1, -0.05) is 24.6 Å². The highest BCUT2D eigenvalue weighted by Crippen LogP contribution is 2.52. The number of halogens is 3. The van der Waals surface area contributed by atoms with Crippen LogP contribution in [0.5, 0.6) is 11.8 Å². The molecule has 4 aliphatic rings. The van der Waals surface area contributed by atoms with E-state index in [4.69, 9.17) is 31.8 Å². The van der Waals surface area contributed by atoms with Gasteiger partial charge in [0.2, 0.25) is 0 Å². The summed E-state index contributed by atoms with van der Waals surface area (Å²) in [6.07, 6.45) is 4.47. The molecule has 8 rings (SSSR count). The summed E-state index contributed by atoms with van der Waals surface area (Å²) >= 11 is 7.96. The van der Waals surface area contributed by atoms with Crippen molar-refractivity contribution < 1.29 is 18.3 Å². The Morgan fingerprint density at radius 1 is 1.22 bits per heavy atom. The highest BCUT2D eigenvalue weighted by molar-refractivity contribution is 7.23. The fraction of sp³-hybridized carbons (Fsp3) is 0.455. The van der Waals surface area contributed by atoms with Gasteiger partial charge >= 0.3 is 6.01 Å². The van der Waals surface area contributed by atoms with Crippen LogP contribution < -0.4 is 20.1 Å². The molecule has 4 aromatic rings. The Labute approximate surface area is 273 Å². The van der Waals surface area contributed by atoms with E-state index in [-0.39, 0.29) is 78.2 Å². The second-order valence-corrected chi connectivity index (χ2v) is 14.5. The average molecular weight is 662 g/mol. The van der Waals surface area contributed by atoms with Gasteiger partial charge in [0.25, 0.3) is 0 Å². The highest BCUT2D eigenvalue weighted by Gasteiger charge is 2.48. The molecule has 2 aromatic carbocycles. The number of piperidine rings is 1. The summed E-state index contributed by atoms with van der Waals surface area (Å²) in [5.41, 5.74) is 6.11. The monoisotopic (exact) mass is 661 g/mol. The van der Waals surface area contributed by atoms with Gasteiger partial charge in [-0.25, -0.2) is 8.78 Å². The van der Waals surface area contributed by atoms with Gasteiger partial charge in [0.1, 0.15) is 41.4 Å². The maximum atomic E-state index is 17.1. The summed E-state index contributed by atoms with van der Waals surface area (Å²) in [4.78, 5) is 14.0. The number of aromatic nitrogens is 2. The van der Waals surface area contributed by atoms with Gasteiger partial charge < -0.3 is 20.1 Å². The number of nitrogens with two attached hydrogens (primary N) is 1. The van der Waals surface area contributed by atoms with Gasteiger partial charge in [0, 0.05) is 24.0 Å². The summed E-state index contributed by atoms with van der Waals surface area (Å²) in [6, 6.07) is 6.94. The molecule has 9 nitrogen and oxygen atoms in total. The molecule has 0 spiro atoms. The molecule has 4 aliphatic heterocycles. The zero-order valence-electron chi connectivity index (χ0n) is 25.1. The number of nitriles is 2. The van der Waals surface area contributed by atoms with E-state index < -0.39 is 11.6 Å². The van der Waals surface area contributed by atoms with E-state index >= 15 is 4.39 Å². The van der Waals surface area contributed by atoms with Gasteiger partial charge in [-0.15, -0.1) is 11.3 Å². The van der Waals surface area contributed by atoms with Crippen molar-refractivity contribution in [2.24, 2.45) is 11.8 Å². The normalized spacial score (nSPS) is 25.5. The van der Waals surface area contributed by atoms with Crippen molar-refractivity contribution in [1.82, 2.24) is 14.9 Å². The largest absolute Gasteiger partial charge is 0.489 e. The lowest BCUT2D eigenvalue weighted by Crippen LogP contribution is -2.46. The van der Waals surface area contributed by atoms with Crippen LogP contribution >= 0.6 is 22.9 Å². The number of rotatable bonds is 4. The molecule has 236 valence electrons. The van der Waals surface area contributed by atoms with Crippen LogP contribution in [-0.2, 0) is 0 Å². The van der Waals surface area contributed by atoms with Crippen molar-refractivity contribution in [3.8, 4) is 35.0 Å². The molecule has 13 heteroatoms. The third-order valence-electron chi connectivity index (χ3n) is 10.2. The Morgan fingerprint density at radius 3 is 2.87 bits per heavy atom. The van der Waals surface area contributed by atoms with E-state index in [0.717, 1.165) is 43.7 Å². The maximum Gasteiger partial charge on any atom is 0.319 e. The van der Waals surface area contributed by atoms with E-state index in [9.17, 15) is 14.9 Å². The number of nitrogens with zero attached hydrogens (tertiary/aromatic N) is 6. The number of anilines is 2. The second-order valence-electron chi connectivity index (χ2n) is 13.0. The average Bonchev–Trinajstić information content (AvgIpc) is 3.66. The Morgan fingerprint density at radius 2 is 2.07 bits per heavy atom. The first-order valence-corrected chi connectivity index (χ1v) is 16.7. The molecule has 2 N–H and O–H groups in total. The topological polar surface area (TPSA) is 124 Å². The number of fused-ring (bicyclic) bond motifs is 4. The number of thiophene rings is 1. The third kappa shape index (κ3) is 4.30. The lowest BCUT2D eigenvalue weighted by atomic mass is 9.92. The number of hydrogen-bond donors (Lipinski definition) is 1. The third-order valence-corrected chi connectivity index (χ3v) is 11.6. The van der Waals surface area contributed by atoms with Crippen molar-refractivity contribution in [1.29, 1.82) is 10.5 Å². The first-order valence-electron chi connectivity index (χ1n) is 15.5. The molecule has 0 bridgehead atoms. The molecule has 3 saturated heterocycles. The number of benzene rings is 2. The fourth-order valence-electron chi connectivity index (χ4n) is 8.15. The molecule has 46 heavy (non-hydrogen) atoms. The van der Waals surface area contributed by atoms with Crippen molar-refractivity contribution >= 4 is 54.7 Å². The predicted octanol–water partition coefficient (Wildman–Crippen LogP) is 6.65. The predicted molar refractivity (Wildman–Crippen MR) is 172 cm³/mol. The van der Waals surface area contributed by atoms with E-state index in [2.05, 4.69) is 22.9 Å². The number of nitrogen functional groups attached to an aromatic ring is 1. The summed E-state index contributed by atoms with van der Waals surface area (Å²) in [5.74, 6) is -0.436. The van der Waals surface area contributed by atoms with Crippen LogP contribution in [0.3, 0.4) is 0 Å². The van der Waals surface area contributed by atoms with Crippen LogP contribution in [0.2, 0.25) is 5.02 Å². The maximum absolute atomic E-state index is 17.1. The molecule has 0 saturated carbocycles. The molecule has 3 fully saturated rings. The van der Waals surface area contributed by atoms with Gasteiger partial charge in [-0.05, 0) is 56.2 Å². The van der Waals surface area contributed by atoms with Crippen LogP contribution in [0.25, 0.3) is 32.1 Å². The van der Waals surface area contributed by atoms with Crippen LogP contribution in [0.15, 0.2) is 12.1 Å². The van der Waals surface area contributed by atoms with Gasteiger partial charge in [0.05, 0.1) is 44.2 Å². The Kier molecular flexibility index (Phi) is 6.91. The van der Waals surface area contributed by atoms with Crippen LogP contribution in [0, 0.1) is 46.1 Å². The molecule has 6 heterocycles. The van der Waals surface area contributed by atoms with Crippen molar-refractivity contribution in [3.63, 3.8) is 0 Å². The number of hydrogen-bond acceptors (Lipinski definition) is 10. The minimum Gasteiger partial charge on any atom is -0.489 e. The van der Waals surface area contributed by atoms with E-state index in [0.29, 0.717) is 43.1 Å². The Bertz CT molecular complexity index is 2030. The van der Waals surface area contributed by atoms with E-state index in [1.54, 1.807) is 0 Å². The van der Waals surface area contributed by atoms with Crippen LogP contribution in [0.4, 0.5) is 19.6 Å². The van der Waals surface area contributed by atoms with Crippen molar-refractivity contribution in [3.05, 3.63) is 34.4 Å². The molecule has 0 radical (unpaired) electrons. The second kappa shape index (κ2) is 10.8. The van der Waals surface area contributed by atoms with Gasteiger partial charge in [0.15, 0.2) is 11.6 Å². The first-order chi connectivity index (χ1) is 22.2. The quantitative estimate of drug-likeness (QED) is 0.256. The zero-order chi connectivity index (χ0) is 31.9. The summed E-state index contributed by atoms with van der Waals surface area (Å²) < 4.78 is 44.9. The van der Waals surface area contributed by atoms with E-state index in [1.807, 2.05) is 11.0 Å². The lowest BCUT2D eigenvalue weighted by molar-refractivity contribution is 0.107. The SMILES string of the molecule is C[C@H]1CN2CCC[C@@]2(COc2nc3c4c(c(Cl)c(-c5ccc(F)c6sc(N)c(C#N)c56)c(F)c4n2)OCC2CCC(C#N)CN32)C1. The number of ether oxygens (including phenoxy) is 2. The Hall–Kier alpha value is -3.97. The molecular weight excluding hydrogens is 632 g/mol. The Balaban J connectivity index is 1.35. The molecule has 2 aromatic heterocycles. The smallest absolute Gasteiger partial charge is 0.319 e. The minimum absolute atomic E-state index is 0.0304. The van der Waals surface area contributed by atoms with Crippen molar-refractivity contribution in [2.75, 3.05) is 43.5 Å². The highest BCUT2D eigenvalue weighted by atomic mass is 35.5. The fourth-order valence-corrected chi connectivity index (χ4v) is 9.44. The van der Waals surface area contributed by atoms with E-state index in [1.165, 1.54) is 12.1 Å².